The molecule has 0 aromatic carbocycles. The summed E-state index contributed by atoms with van der Waals surface area (Å²) in [5.41, 5.74) is -5.05. The topological polar surface area (TPSA) is 43.4 Å². The largest absolute Gasteiger partial charge is 0.460 e. The zero-order valence-corrected chi connectivity index (χ0v) is 18.6. The molecule has 0 saturated heterocycles. The van der Waals surface area contributed by atoms with Gasteiger partial charge in [-0.3, -0.25) is 9.59 Å². The first-order valence-corrected chi connectivity index (χ1v) is 9.32. The molecular weight excluding hydrogens is 634 g/mol. The molecule has 0 heterocycles. The Morgan fingerprint density at radius 1 is 0.684 bits per heavy atom. The molecule has 1 atom stereocenters. The van der Waals surface area contributed by atoms with Crippen LogP contribution in [0.15, 0.2) is 22.2 Å². The van der Waals surface area contributed by atoms with Gasteiger partial charge in [0.25, 0.3) is 0 Å². The minimum Gasteiger partial charge on any atom is -0.442 e. The number of hydrogen-bond donors (Lipinski definition) is 0. The maximum atomic E-state index is 14.8. The molecule has 3 nitrogen and oxygen atoms in total. The number of alkyl halides is 17. The molecule has 0 spiro atoms. The van der Waals surface area contributed by atoms with E-state index < -0.39 is 87.2 Å². The van der Waals surface area contributed by atoms with E-state index in [1.807, 2.05) is 0 Å². The predicted octanol–water partition coefficient (Wildman–Crippen LogP) is 7.13. The van der Waals surface area contributed by atoms with Crippen LogP contribution in [0, 0.1) is 0 Å². The number of hydrogen-bond acceptors (Lipinski definition) is 3. The molecule has 0 aromatic rings. The summed E-state index contributed by atoms with van der Waals surface area (Å²) in [4.78, 5) is 22.6. The Bertz CT molecular complexity index is 1060. The van der Waals surface area contributed by atoms with E-state index in [-0.39, 0.29) is 6.92 Å². The van der Waals surface area contributed by atoms with Gasteiger partial charge in [-0.05, 0) is 6.08 Å². The Kier molecular flexibility index (Phi) is 8.08. The Hall–Kier alpha value is -1.99. The molecule has 0 bridgehead atoms. The number of rotatable bonds is 8. The first-order chi connectivity index (χ1) is 16.3. The van der Waals surface area contributed by atoms with Crippen molar-refractivity contribution in [3.8, 4) is 0 Å². The van der Waals surface area contributed by atoms with Crippen molar-refractivity contribution in [3.63, 3.8) is 0 Å². The van der Waals surface area contributed by atoms with Gasteiger partial charge in [0.15, 0.2) is 5.78 Å². The van der Waals surface area contributed by atoms with Crippen molar-refractivity contribution in [2.45, 2.75) is 60.2 Å². The number of carbonyl (C=O) groups is 2. The minimum atomic E-state index is -8.86. The predicted molar refractivity (Wildman–Crippen MR) is 88.1 cm³/mol. The molecule has 0 amide bonds. The van der Waals surface area contributed by atoms with E-state index in [1.165, 1.54) is 0 Å². The number of halogens is 19. The smallest absolute Gasteiger partial charge is 0.442 e. The molecule has 1 aliphatic rings. The van der Waals surface area contributed by atoms with Crippen molar-refractivity contribution in [1.82, 2.24) is 0 Å². The molecule has 38 heavy (non-hydrogen) atoms. The van der Waals surface area contributed by atoms with E-state index in [9.17, 15) is 84.2 Å². The van der Waals surface area contributed by atoms with Gasteiger partial charge >= 0.3 is 53.6 Å². The molecule has 22 heteroatoms. The summed E-state index contributed by atoms with van der Waals surface area (Å²) in [6.45, 7) is 0.0407. The van der Waals surface area contributed by atoms with Gasteiger partial charge in [0.05, 0.1) is 10.1 Å². The minimum absolute atomic E-state index is 0.0407. The summed E-state index contributed by atoms with van der Waals surface area (Å²) in [6.07, 6.45) is -9.21. The normalized spacial score (nSPS) is 21.2. The van der Waals surface area contributed by atoms with Crippen LogP contribution in [0.4, 0.5) is 74.6 Å². The van der Waals surface area contributed by atoms with Crippen LogP contribution in [-0.2, 0) is 14.3 Å². The Morgan fingerprint density at radius 2 is 1.03 bits per heavy atom. The lowest BCUT2D eigenvalue weighted by Crippen LogP contribution is -2.76. The lowest BCUT2D eigenvalue weighted by atomic mass is 9.80. The molecular formula is C16H5Cl2F17O3. The maximum absolute atomic E-state index is 14.8. The van der Waals surface area contributed by atoms with Gasteiger partial charge in [-0.15, -0.1) is 0 Å². The fourth-order valence-electron chi connectivity index (χ4n) is 2.62. The van der Waals surface area contributed by atoms with Crippen molar-refractivity contribution in [1.29, 1.82) is 0 Å². The van der Waals surface area contributed by atoms with Crippen LogP contribution in [0.5, 0.6) is 0 Å². The third-order valence-electron chi connectivity index (χ3n) is 4.67. The van der Waals surface area contributed by atoms with Crippen molar-refractivity contribution in [2.75, 3.05) is 0 Å². The Morgan fingerprint density at radius 3 is 1.37 bits per heavy atom. The number of esters is 1. The highest BCUT2D eigenvalue weighted by Crippen LogP contribution is 2.66. The third-order valence-corrected chi connectivity index (χ3v) is 5.36. The second kappa shape index (κ2) is 9.02. The molecule has 1 rings (SSSR count). The van der Waals surface area contributed by atoms with Gasteiger partial charge in [-0.2, -0.15) is 74.6 Å². The van der Waals surface area contributed by atoms with Crippen molar-refractivity contribution in [3.05, 3.63) is 22.2 Å². The molecule has 0 fully saturated rings. The van der Waals surface area contributed by atoms with Crippen LogP contribution >= 0.6 is 23.2 Å². The summed E-state index contributed by atoms with van der Waals surface area (Å²) in [7, 11) is 0. The van der Waals surface area contributed by atoms with E-state index in [2.05, 4.69) is 4.74 Å². The summed E-state index contributed by atoms with van der Waals surface area (Å²) in [6, 6.07) is 0. The van der Waals surface area contributed by atoms with Gasteiger partial charge in [0.2, 0.25) is 5.60 Å². The standard InChI is InChI=1S/C16H5Cl2F17O3/c1-4(36)38-8(3-5(17)6(37)2-7(8)18)9(19,20)10(21,22)11(23,24)12(25,26)13(27,28)14(29,30)15(31,32)16(33,34)35/h2-3H,1H3. The molecule has 1 unspecified atom stereocenters. The van der Waals surface area contributed by atoms with Crippen LogP contribution in [0.25, 0.3) is 0 Å². The zero-order valence-electron chi connectivity index (χ0n) is 17.1. The lowest BCUT2D eigenvalue weighted by Gasteiger charge is -2.46. The highest BCUT2D eigenvalue weighted by molar-refractivity contribution is 6.46. The molecule has 1 aliphatic carbocycles. The monoisotopic (exact) mass is 638 g/mol. The van der Waals surface area contributed by atoms with Crippen molar-refractivity contribution >= 4 is 35.0 Å². The Labute approximate surface area is 207 Å². The molecule has 0 radical (unpaired) electrons. The SMILES string of the molecule is CC(=O)OC1(C(F)(F)C(F)(F)C(F)(F)C(F)(F)C(F)(F)C(F)(F)C(F)(F)C(F)(F)F)C=C(Cl)C(=O)C=C1Cl. The fraction of sp³-hybridized carbons (Fsp3) is 0.625. The number of ether oxygens (including phenoxy) is 1. The van der Waals surface area contributed by atoms with E-state index in [0.717, 1.165) is 0 Å². The lowest BCUT2D eigenvalue weighted by molar-refractivity contribution is -0.465. The van der Waals surface area contributed by atoms with Gasteiger partial charge in [0.1, 0.15) is 0 Å². The number of ketones is 1. The highest BCUT2D eigenvalue weighted by Gasteiger charge is 2.96. The van der Waals surface area contributed by atoms with Gasteiger partial charge in [0, 0.05) is 13.0 Å². The number of allylic oxidation sites excluding steroid dienone is 2. The first-order valence-electron chi connectivity index (χ1n) is 8.56. The fourth-order valence-corrected chi connectivity index (χ4v) is 3.14. The van der Waals surface area contributed by atoms with E-state index in [4.69, 9.17) is 23.2 Å². The van der Waals surface area contributed by atoms with E-state index in [1.54, 1.807) is 0 Å². The van der Waals surface area contributed by atoms with Crippen LogP contribution < -0.4 is 0 Å². The summed E-state index contributed by atoms with van der Waals surface area (Å²) in [5, 5.41) is -3.98. The average Bonchev–Trinajstić information content (AvgIpc) is 2.69. The molecule has 0 aromatic heterocycles. The van der Waals surface area contributed by atoms with Crippen LogP contribution in [0.3, 0.4) is 0 Å². The second-order valence-corrected chi connectivity index (χ2v) is 8.01. The van der Waals surface area contributed by atoms with Gasteiger partial charge < -0.3 is 4.74 Å². The third kappa shape index (κ3) is 4.19. The first kappa shape index (κ1) is 34.0. The molecule has 220 valence electrons. The zero-order chi connectivity index (χ0) is 30.9. The molecule has 0 aliphatic heterocycles. The average molecular weight is 639 g/mol. The number of carbonyl (C=O) groups excluding carboxylic acids is 2. The second-order valence-electron chi connectivity index (χ2n) is 7.20. The quantitative estimate of drug-likeness (QED) is 0.210. The van der Waals surface area contributed by atoms with Crippen LogP contribution in [-0.4, -0.2) is 65.0 Å². The van der Waals surface area contributed by atoms with E-state index >= 15 is 0 Å². The summed E-state index contributed by atoms with van der Waals surface area (Å²) >= 11 is 10.2. The van der Waals surface area contributed by atoms with Crippen molar-refractivity contribution in [2.24, 2.45) is 0 Å². The maximum Gasteiger partial charge on any atom is 0.460 e. The highest BCUT2D eigenvalue weighted by atomic mass is 35.5. The molecule has 0 N–H and O–H groups in total. The van der Waals surface area contributed by atoms with Gasteiger partial charge in [-0.25, -0.2) is 0 Å². The summed E-state index contributed by atoms with van der Waals surface area (Å²) in [5.74, 6) is -62.9. The van der Waals surface area contributed by atoms with Gasteiger partial charge in [-0.1, -0.05) is 23.2 Å². The van der Waals surface area contributed by atoms with E-state index in [0.29, 0.717) is 0 Å². The van der Waals surface area contributed by atoms with Crippen LogP contribution in [0.2, 0.25) is 0 Å². The Balaban J connectivity index is 3.98. The summed E-state index contributed by atoms with van der Waals surface area (Å²) < 4.78 is 234. The van der Waals surface area contributed by atoms with Crippen LogP contribution in [0.1, 0.15) is 6.92 Å². The molecule has 0 saturated carbocycles. The van der Waals surface area contributed by atoms with Crippen molar-refractivity contribution < 1.29 is 89.0 Å².